The zero-order valence-corrected chi connectivity index (χ0v) is 9.03. The Morgan fingerprint density at radius 1 is 1.62 bits per heavy atom. The minimum Gasteiger partial charge on any atom is -0.497 e. The van der Waals surface area contributed by atoms with Crippen LogP contribution in [0.1, 0.15) is 5.56 Å². The molecule has 0 radical (unpaired) electrons. The first kappa shape index (κ1) is 10.5. The summed E-state index contributed by atoms with van der Waals surface area (Å²) in [5.41, 5.74) is 1.03. The van der Waals surface area contributed by atoms with E-state index in [9.17, 15) is 0 Å². The molecule has 1 aromatic carbocycles. The standard InChI is InChI=1S/C10H11ClOS/c1-7(11)5-8-6-9(12-2)3-4-10(8)13/h3-4,6,13H,1,5H2,2H3. The van der Waals surface area contributed by atoms with Gasteiger partial charge in [-0.2, -0.15) is 0 Å². The van der Waals surface area contributed by atoms with Crippen LogP contribution in [-0.4, -0.2) is 7.11 Å². The first-order chi connectivity index (χ1) is 6.13. The molecule has 13 heavy (non-hydrogen) atoms. The van der Waals surface area contributed by atoms with Gasteiger partial charge < -0.3 is 4.74 Å². The molecule has 0 N–H and O–H groups in total. The highest BCUT2D eigenvalue weighted by atomic mass is 35.5. The fraction of sp³-hybridized carbons (Fsp3) is 0.200. The number of ether oxygens (including phenoxy) is 1. The molecule has 0 heterocycles. The van der Waals surface area contributed by atoms with Gasteiger partial charge in [-0.15, -0.1) is 12.6 Å². The second kappa shape index (κ2) is 4.58. The van der Waals surface area contributed by atoms with E-state index < -0.39 is 0 Å². The summed E-state index contributed by atoms with van der Waals surface area (Å²) < 4.78 is 5.08. The average Bonchev–Trinajstić information content (AvgIpc) is 2.08. The van der Waals surface area contributed by atoms with Crippen molar-refractivity contribution in [2.24, 2.45) is 0 Å². The van der Waals surface area contributed by atoms with E-state index in [-0.39, 0.29) is 0 Å². The van der Waals surface area contributed by atoms with E-state index >= 15 is 0 Å². The van der Waals surface area contributed by atoms with Gasteiger partial charge >= 0.3 is 0 Å². The van der Waals surface area contributed by atoms with Gasteiger partial charge in [0.15, 0.2) is 0 Å². The van der Waals surface area contributed by atoms with Gasteiger partial charge in [-0.05, 0) is 23.8 Å². The third kappa shape index (κ3) is 2.98. The molecular formula is C10H11ClOS. The molecule has 0 fully saturated rings. The van der Waals surface area contributed by atoms with Gasteiger partial charge in [-0.3, -0.25) is 0 Å². The number of allylic oxidation sites excluding steroid dienone is 1. The fourth-order valence-electron chi connectivity index (χ4n) is 1.04. The lowest BCUT2D eigenvalue weighted by atomic mass is 10.1. The Hall–Kier alpha value is -0.600. The Morgan fingerprint density at radius 2 is 2.31 bits per heavy atom. The predicted molar refractivity (Wildman–Crippen MR) is 58.9 cm³/mol. The summed E-state index contributed by atoms with van der Waals surface area (Å²) in [7, 11) is 1.63. The minimum absolute atomic E-state index is 0.601. The van der Waals surface area contributed by atoms with Crippen molar-refractivity contribution < 1.29 is 4.74 Å². The van der Waals surface area contributed by atoms with Crippen molar-refractivity contribution in [3.8, 4) is 5.75 Å². The molecule has 0 saturated carbocycles. The van der Waals surface area contributed by atoms with Crippen LogP contribution >= 0.6 is 24.2 Å². The molecule has 1 nitrogen and oxygen atoms in total. The van der Waals surface area contributed by atoms with Crippen LogP contribution in [0.5, 0.6) is 5.75 Å². The van der Waals surface area contributed by atoms with Crippen LogP contribution in [0.3, 0.4) is 0 Å². The molecule has 1 rings (SSSR count). The summed E-state index contributed by atoms with van der Waals surface area (Å²) in [6.45, 7) is 3.64. The molecule has 3 heteroatoms. The summed E-state index contributed by atoms with van der Waals surface area (Å²) >= 11 is 10.0. The van der Waals surface area contributed by atoms with E-state index in [1.54, 1.807) is 7.11 Å². The molecule has 0 bridgehead atoms. The highest BCUT2D eigenvalue weighted by molar-refractivity contribution is 7.80. The van der Waals surface area contributed by atoms with Crippen LogP contribution in [-0.2, 0) is 6.42 Å². The van der Waals surface area contributed by atoms with Crippen LogP contribution in [0.4, 0.5) is 0 Å². The van der Waals surface area contributed by atoms with Gasteiger partial charge in [0.1, 0.15) is 5.75 Å². The van der Waals surface area contributed by atoms with E-state index in [1.165, 1.54) is 0 Å². The number of halogens is 1. The lowest BCUT2D eigenvalue weighted by molar-refractivity contribution is 0.414. The first-order valence-electron chi connectivity index (χ1n) is 3.82. The third-order valence-corrected chi connectivity index (χ3v) is 2.24. The molecular weight excluding hydrogens is 204 g/mol. The summed E-state index contributed by atoms with van der Waals surface area (Å²) in [6, 6.07) is 5.66. The molecule has 0 aliphatic carbocycles. The van der Waals surface area contributed by atoms with E-state index in [2.05, 4.69) is 19.2 Å². The van der Waals surface area contributed by atoms with Crippen molar-refractivity contribution in [1.82, 2.24) is 0 Å². The quantitative estimate of drug-likeness (QED) is 0.760. The predicted octanol–water partition coefficient (Wildman–Crippen LogP) is 3.28. The Balaban J connectivity index is 2.96. The molecule has 0 aromatic heterocycles. The van der Waals surface area contributed by atoms with E-state index in [0.29, 0.717) is 11.5 Å². The third-order valence-electron chi connectivity index (χ3n) is 1.67. The summed E-state index contributed by atoms with van der Waals surface area (Å²) in [5, 5.41) is 0.601. The highest BCUT2D eigenvalue weighted by Gasteiger charge is 2.02. The maximum Gasteiger partial charge on any atom is 0.119 e. The normalized spacial score (nSPS) is 9.77. The van der Waals surface area contributed by atoms with E-state index in [0.717, 1.165) is 16.2 Å². The van der Waals surface area contributed by atoms with Crippen LogP contribution in [0, 0.1) is 0 Å². The Kier molecular flexibility index (Phi) is 3.70. The zero-order valence-electron chi connectivity index (χ0n) is 7.38. The number of thiol groups is 1. The molecule has 1 aromatic rings. The van der Waals surface area contributed by atoms with Crippen LogP contribution < -0.4 is 4.74 Å². The first-order valence-corrected chi connectivity index (χ1v) is 4.65. The lowest BCUT2D eigenvalue weighted by Crippen LogP contribution is -1.89. The zero-order chi connectivity index (χ0) is 9.84. The average molecular weight is 215 g/mol. The number of benzene rings is 1. The Morgan fingerprint density at radius 3 is 2.85 bits per heavy atom. The molecule has 0 aliphatic rings. The molecule has 0 atom stereocenters. The van der Waals surface area contributed by atoms with Gasteiger partial charge in [-0.1, -0.05) is 18.2 Å². The SMILES string of the molecule is C=C(Cl)Cc1cc(OC)ccc1S. The monoisotopic (exact) mass is 214 g/mol. The molecule has 0 spiro atoms. The van der Waals surface area contributed by atoms with Crippen molar-refractivity contribution in [3.63, 3.8) is 0 Å². The van der Waals surface area contributed by atoms with Gasteiger partial charge in [0.2, 0.25) is 0 Å². The summed E-state index contributed by atoms with van der Waals surface area (Å²) in [4.78, 5) is 0.905. The largest absolute Gasteiger partial charge is 0.497 e. The van der Waals surface area contributed by atoms with Crippen molar-refractivity contribution in [2.75, 3.05) is 7.11 Å². The van der Waals surface area contributed by atoms with E-state index in [1.807, 2.05) is 18.2 Å². The second-order valence-corrected chi connectivity index (χ2v) is 3.71. The summed E-state index contributed by atoms with van der Waals surface area (Å²) in [6.07, 6.45) is 0.623. The number of rotatable bonds is 3. The van der Waals surface area contributed by atoms with Gasteiger partial charge in [0, 0.05) is 16.3 Å². The van der Waals surface area contributed by atoms with Crippen LogP contribution in [0.25, 0.3) is 0 Å². The topological polar surface area (TPSA) is 9.23 Å². The fourth-order valence-corrected chi connectivity index (χ4v) is 1.40. The Bertz CT molecular complexity index is 323. The van der Waals surface area contributed by atoms with Gasteiger partial charge in [0.25, 0.3) is 0 Å². The molecule has 0 aliphatic heterocycles. The maximum absolute atomic E-state index is 5.71. The number of methoxy groups -OCH3 is 1. The van der Waals surface area contributed by atoms with Crippen molar-refractivity contribution in [2.45, 2.75) is 11.3 Å². The summed E-state index contributed by atoms with van der Waals surface area (Å²) in [5.74, 6) is 0.811. The number of hydrogen-bond acceptors (Lipinski definition) is 2. The minimum atomic E-state index is 0.601. The van der Waals surface area contributed by atoms with Crippen molar-refractivity contribution in [1.29, 1.82) is 0 Å². The molecule has 0 amide bonds. The molecule has 0 saturated heterocycles. The molecule has 70 valence electrons. The highest BCUT2D eigenvalue weighted by Crippen LogP contribution is 2.23. The van der Waals surface area contributed by atoms with Crippen LogP contribution in [0.15, 0.2) is 34.7 Å². The van der Waals surface area contributed by atoms with Crippen molar-refractivity contribution >= 4 is 24.2 Å². The molecule has 0 unspecified atom stereocenters. The second-order valence-electron chi connectivity index (χ2n) is 2.69. The number of hydrogen-bond donors (Lipinski definition) is 1. The van der Waals surface area contributed by atoms with Gasteiger partial charge in [0.05, 0.1) is 7.11 Å². The van der Waals surface area contributed by atoms with E-state index in [4.69, 9.17) is 16.3 Å². The lowest BCUT2D eigenvalue weighted by Gasteiger charge is -2.06. The Labute approximate surface area is 88.8 Å². The van der Waals surface area contributed by atoms with Crippen molar-refractivity contribution in [3.05, 3.63) is 35.4 Å². The smallest absolute Gasteiger partial charge is 0.119 e. The maximum atomic E-state index is 5.71. The van der Waals surface area contributed by atoms with Gasteiger partial charge in [-0.25, -0.2) is 0 Å². The van der Waals surface area contributed by atoms with Crippen LogP contribution in [0.2, 0.25) is 0 Å².